The highest BCUT2D eigenvalue weighted by Gasteiger charge is 2.39. The van der Waals surface area contributed by atoms with Gasteiger partial charge in [0.2, 0.25) is 0 Å². The van der Waals surface area contributed by atoms with Crippen LogP contribution in [0.25, 0.3) is 0 Å². The van der Waals surface area contributed by atoms with Gasteiger partial charge in [0.25, 0.3) is 5.91 Å². The summed E-state index contributed by atoms with van der Waals surface area (Å²) >= 11 is 0. The van der Waals surface area contributed by atoms with Crippen LogP contribution in [0.2, 0.25) is 0 Å². The summed E-state index contributed by atoms with van der Waals surface area (Å²) < 4.78 is 0. The Hall–Kier alpha value is -1.35. The van der Waals surface area contributed by atoms with E-state index in [2.05, 4.69) is 43.1 Å². The summed E-state index contributed by atoms with van der Waals surface area (Å²) in [5.74, 6) is 0.833. The van der Waals surface area contributed by atoms with Crippen molar-refractivity contribution in [3.05, 3.63) is 34.4 Å². The van der Waals surface area contributed by atoms with E-state index in [9.17, 15) is 4.79 Å². The Morgan fingerprint density at radius 3 is 2.90 bits per heavy atom. The molecule has 0 spiro atoms. The molecule has 2 aliphatic heterocycles. The molecule has 0 radical (unpaired) electrons. The summed E-state index contributed by atoms with van der Waals surface area (Å²) in [6, 6.07) is 4.76. The maximum absolute atomic E-state index is 12.7. The maximum Gasteiger partial charge on any atom is 0.255 e. The van der Waals surface area contributed by atoms with E-state index < -0.39 is 0 Å². The molecule has 1 atom stereocenters. The van der Waals surface area contributed by atoms with Gasteiger partial charge in [-0.25, -0.2) is 0 Å². The monoisotopic (exact) mass is 272 g/mol. The van der Waals surface area contributed by atoms with E-state index in [1.165, 1.54) is 16.7 Å². The molecule has 1 amide bonds. The van der Waals surface area contributed by atoms with Crippen LogP contribution in [0.3, 0.4) is 0 Å². The van der Waals surface area contributed by atoms with Crippen molar-refractivity contribution in [3.63, 3.8) is 0 Å². The van der Waals surface area contributed by atoms with Crippen molar-refractivity contribution in [3.8, 4) is 0 Å². The van der Waals surface area contributed by atoms with Crippen LogP contribution >= 0.6 is 0 Å². The Kier molecular flexibility index (Phi) is 3.55. The fourth-order valence-electron chi connectivity index (χ4n) is 3.49. The van der Waals surface area contributed by atoms with Gasteiger partial charge in [0.05, 0.1) is 6.04 Å². The number of benzene rings is 1. The number of carbonyl (C=O) groups is 1. The van der Waals surface area contributed by atoms with Gasteiger partial charge in [-0.2, -0.15) is 0 Å². The third-order valence-corrected chi connectivity index (χ3v) is 4.42. The molecular formula is C17H24N2O. The summed E-state index contributed by atoms with van der Waals surface area (Å²) in [5.41, 5.74) is 4.88. The zero-order chi connectivity index (χ0) is 14.3. The molecule has 2 aliphatic rings. The second-order valence-corrected chi connectivity index (χ2v) is 6.39. The number of nitrogens with zero attached hydrogens (tertiary/aromatic N) is 1. The first-order chi connectivity index (χ1) is 9.61. The highest BCUT2D eigenvalue weighted by molar-refractivity contribution is 6.01. The van der Waals surface area contributed by atoms with E-state index in [0.717, 1.165) is 38.0 Å². The molecule has 0 aliphatic carbocycles. The lowest BCUT2D eigenvalue weighted by Gasteiger charge is -2.30. The topological polar surface area (TPSA) is 32.3 Å². The number of rotatable bonds is 3. The van der Waals surface area contributed by atoms with E-state index in [4.69, 9.17) is 0 Å². The normalized spacial score (nSPS) is 21.3. The second-order valence-electron chi connectivity index (χ2n) is 6.39. The van der Waals surface area contributed by atoms with Crippen molar-refractivity contribution >= 4 is 5.91 Å². The van der Waals surface area contributed by atoms with E-state index >= 15 is 0 Å². The van der Waals surface area contributed by atoms with Crippen molar-refractivity contribution in [1.29, 1.82) is 0 Å². The van der Waals surface area contributed by atoms with Crippen molar-refractivity contribution in [2.75, 3.05) is 19.6 Å². The molecule has 0 bridgehead atoms. The molecular weight excluding hydrogens is 248 g/mol. The molecule has 2 heterocycles. The molecule has 1 aromatic rings. The predicted molar refractivity (Wildman–Crippen MR) is 81.0 cm³/mol. The van der Waals surface area contributed by atoms with Crippen molar-refractivity contribution in [2.24, 2.45) is 5.92 Å². The van der Waals surface area contributed by atoms with Crippen molar-refractivity contribution in [2.45, 2.75) is 39.7 Å². The first kappa shape index (κ1) is 13.6. The lowest BCUT2D eigenvalue weighted by atomic mass is 9.90. The van der Waals surface area contributed by atoms with E-state index in [-0.39, 0.29) is 11.9 Å². The number of carbonyl (C=O) groups excluding carboxylic acids is 1. The lowest BCUT2D eigenvalue weighted by Crippen LogP contribution is -2.44. The molecule has 0 saturated carbocycles. The molecule has 3 rings (SSSR count). The number of hydrogen-bond donors (Lipinski definition) is 1. The number of fused-ring (bicyclic) bond motifs is 3. The SMILES string of the molecule is CCc1cc(CC(C)C)c2c(c1)C1CNCCN1C2=O. The van der Waals surface area contributed by atoms with Gasteiger partial charge in [0.1, 0.15) is 0 Å². The fraction of sp³-hybridized carbons (Fsp3) is 0.588. The first-order valence-electron chi connectivity index (χ1n) is 7.79. The quantitative estimate of drug-likeness (QED) is 0.917. The zero-order valence-corrected chi connectivity index (χ0v) is 12.7. The molecule has 1 aromatic carbocycles. The maximum atomic E-state index is 12.7. The Morgan fingerprint density at radius 2 is 2.20 bits per heavy atom. The molecule has 1 unspecified atom stereocenters. The summed E-state index contributed by atoms with van der Waals surface area (Å²) in [6.45, 7) is 9.28. The molecule has 1 fully saturated rings. The van der Waals surface area contributed by atoms with E-state index in [1.807, 2.05) is 0 Å². The molecule has 1 saturated heterocycles. The van der Waals surface area contributed by atoms with Crippen molar-refractivity contribution in [1.82, 2.24) is 10.2 Å². The zero-order valence-electron chi connectivity index (χ0n) is 12.7. The predicted octanol–water partition coefficient (Wildman–Crippen LogP) is 2.55. The third-order valence-electron chi connectivity index (χ3n) is 4.42. The average molecular weight is 272 g/mol. The largest absolute Gasteiger partial charge is 0.329 e. The summed E-state index contributed by atoms with van der Waals surface area (Å²) in [5, 5.41) is 3.42. The average Bonchev–Trinajstić information content (AvgIpc) is 2.72. The van der Waals surface area contributed by atoms with Gasteiger partial charge >= 0.3 is 0 Å². The van der Waals surface area contributed by atoms with Gasteiger partial charge < -0.3 is 10.2 Å². The van der Waals surface area contributed by atoms with Crippen LogP contribution in [0.5, 0.6) is 0 Å². The van der Waals surface area contributed by atoms with Gasteiger partial charge in [-0.05, 0) is 35.4 Å². The van der Waals surface area contributed by atoms with Gasteiger partial charge in [-0.1, -0.05) is 32.9 Å². The second kappa shape index (κ2) is 5.21. The molecule has 20 heavy (non-hydrogen) atoms. The van der Waals surface area contributed by atoms with E-state index in [0.29, 0.717) is 5.92 Å². The Labute approximate surface area is 121 Å². The smallest absolute Gasteiger partial charge is 0.255 e. The minimum atomic E-state index is 0.253. The highest BCUT2D eigenvalue weighted by Crippen LogP contribution is 2.37. The molecule has 108 valence electrons. The van der Waals surface area contributed by atoms with Crippen LogP contribution in [0.15, 0.2) is 12.1 Å². The molecule has 3 heteroatoms. The summed E-state index contributed by atoms with van der Waals surface area (Å²) in [6.07, 6.45) is 2.03. The number of amides is 1. The van der Waals surface area contributed by atoms with Gasteiger partial charge in [0, 0.05) is 25.2 Å². The fourth-order valence-corrected chi connectivity index (χ4v) is 3.49. The van der Waals surface area contributed by atoms with Crippen LogP contribution in [-0.2, 0) is 12.8 Å². The van der Waals surface area contributed by atoms with Crippen LogP contribution in [0.1, 0.15) is 53.9 Å². The van der Waals surface area contributed by atoms with Crippen LogP contribution in [-0.4, -0.2) is 30.4 Å². The summed E-state index contributed by atoms with van der Waals surface area (Å²) in [4.78, 5) is 14.8. The minimum Gasteiger partial charge on any atom is -0.329 e. The van der Waals surface area contributed by atoms with Crippen LogP contribution < -0.4 is 5.32 Å². The van der Waals surface area contributed by atoms with Gasteiger partial charge in [-0.15, -0.1) is 0 Å². The van der Waals surface area contributed by atoms with Crippen LogP contribution in [0.4, 0.5) is 0 Å². The third kappa shape index (κ3) is 2.14. The van der Waals surface area contributed by atoms with Crippen molar-refractivity contribution < 1.29 is 4.79 Å². The van der Waals surface area contributed by atoms with Crippen LogP contribution in [0, 0.1) is 5.92 Å². The Bertz CT molecular complexity index is 536. The number of aryl methyl sites for hydroxylation is 1. The standard InChI is InChI=1S/C17H24N2O/c1-4-12-8-13(7-11(2)3)16-14(9-12)15-10-18-5-6-19(15)17(16)20/h8-9,11,15,18H,4-7,10H2,1-3H3. The number of hydrogen-bond acceptors (Lipinski definition) is 2. The summed E-state index contributed by atoms with van der Waals surface area (Å²) in [7, 11) is 0. The van der Waals surface area contributed by atoms with Gasteiger partial charge in [-0.3, -0.25) is 4.79 Å². The van der Waals surface area contributed by atoms with Gasteiger partial charge in [0.15, 0.2) is 0 Å². The Morgan fingerprint density at radius 1 is 1.40 bits per heavy atom. The highest BCUT2D eigenvalue weighted by atomic mass is 16.2. The number of piperazine rings is 1. The lowest BCUT2D eigenvalue weighted by molar-refractivity contribution is 0.0690. The number of nitrogens with one attached hydrogen (secondary N) is 1. The van der Waals surface area contributed by atoms with E-state index in [1.54, 1.807) is 0 Å². The Balaban J connectivity index is 2.10. The molecule has 3 nitrogen and oxygen atoms in total. The molecule has 1 N–H and O–H groups in total. The first-order valence-corrected chi connectivity index (χ1v) is 7.79. The molecule has 0 aromatic heterocycles. The minimum absolute atomic E-state index is 0.253.